The number of aliphatic hydroxyl groups excluding tert-OH is 2. The molecular weight excluding hydrogens is 264 g/mol. The van der Waals surface area contributed by atoms with E-state index in [2.05, 4.69) is 0 Å². The maximum Gasteiger partial charge on any atom is 0.326 e. The number of aliphatic carboxylic acids is 1. The van der Waals surface area contributed by atoms with E-state index in [1.54, 1.807) is 4.90 Å². The first-order valence-electron chi connectivity index (χ1n) is 7.13. The molecule has 0 unspecified atom stereocenters. The van der Waals surface area contributed by atoms with Gasteiger partial charge in [-0.3, -0.25) is 0 Å². The van der Waals surface area contributed by atoms with Crippen molar-refractivity contribution in [1.82, 2.24) is 9.80 Å². The largest absolute Gasteiger partial charge is 0.480 e. The van der Waals surface area contributed by atoms with E-state index in [-0.39, 0.29) is 38.2 Å². The summed E-state index contributed by atoms with van der Waals surface area (Å²) in [7, 11) is 0. The van der Waals surface area contributed by atoms with Gasteiger partial charge in [-0.2, -0.15) is 0 Å². The summed E-state index contributed by atoms with van der Waals surface area (Å²) in [5, 5.41) is 27.9. The van der Waals surface area contributed by atoms with Crippen LogP contribution in [0, 0.1) is 0 Å². The summed E-state index contributed by atoms with van der Waals surface area (Å²) in [5.41, 5.74) is 0. The third-order valence-corrected chi connectivity index (χ3v) is 4.16. The number of rotatable bonds is 4. The summed E-state index contributed by atoms with van der Waals surface area (Å²) in [6.45, 7) is 0.114. The van der Waals surface area contributed by atoms with Gasteiger partial charge < -0.3 is 25.1 Å². The third-order valence-electron chi connectivity index (χ3n) is 4.16. The minimum absolute atomic E-state index is 0.0461. The number of carboxylic acid groups (broad SMARTS) is 1. The quantitative estimate of drug-likeness (QED) is 0.668. The number of hydrogen-bond donors (Lipinski definition) is 3. The second kappa shape index (κ2) is 6.41. The minimum atomic E-state index is -1.09. The fourth-order valence-electron chi connectivity index (χ4n) is 3.18. The fourth-order valence-corrected chi connectivity index (χ4v) is 3.18. The van der Waals surface area contributed by atoms with Crippen LogP contribution in [-0.2, 0) is 4.79 Å². The van der Waals surface area contributed by atoms with Crippen molar-refractivity contribution in [2.75, 3.05) is 19.7 Å². The van der Waals surface area contributed by atoms with E-state index < -0.39 is 18.1 Å². The first-order valence-corrected chi connectivity index (χ1v) is 7.13. The van der Waals surface area contributed by atoms with Gasteiger partial charge in [0.2, 0.25) is 0 Å². The SMILES string of the molecule is O=C(O)[C@@H]1C[C@@H](O)CN1C(=O)N(CCO)C1CCCC1. The smallest absolute Gasteiger partial charge is 0.326 e. The van der Waals surface area contributed by atoms with Crippen molar-refractivity contribution < 1.29 is 24.9 Å². The van der Waals surface area contributed by atoms with Gasteiger partial charge in [0.05, 0.1) is 12.7 Å². The highest BCUT2D eigenvalue weighted by molar-refractivity contribution is 5.83. The Hall–Kier alpha value is -1.34. The van der Waals surface area contributed by atoms with Crippen molar-refractivity contribution in [1.29, 1.82) is 0 Å². The average Bonchev–Trinajstić information content (AvgIpc) is 3.04. The van der Waals surface area contributed by atoms with E-state index in [4.69, 9.17) is 10.2 Å². The first kappa shape index (κ1) is 15.1. The topological polar surface area (TPSA) is 101 Å². The van der Waals surface area contributed by atoms with E-state index in [1.165, 1.54) is 4.90 Å². The summed E-state index contributed by atoms with van der Waals surface area (Å²) >= 11 is 0. The molecule has 2 atom stereocenters. The minimum Gasteiger partial charge on any atom is -0.480 e. The molecule has 2 aliphatic rings. The summed E-state index contributed by atoms with van der Waals surface area (Å²) in [6.07, 6.45) is 3.15. The molecule has 0 aromatic rings. The van der Waals surface area contributed by atoms with Gasteiger partial charge in [0.15, 0.2) is 0 Å². The molecule has 7 heteroatoms. The molecule has 114 valence electrons. The standard InChI is InChI=1S/C13H22N2O5/c16-6-5-14(9-3-1-2-4-9)13(20)15-8-10(17)7-11(15)12(18)19/h9-11,16-17H,1-8H2,(H,18,19)/t10-,11+/m1/s1. The molecule has 0 bridgehead atoms. The molecule has 3 N–H and O–H groups in total. The van der Waals surface area contributed by atoms with Gasteiger partial charge in [0.25, 0.3) is 0 Å². The number of carbonyl (C=O) groups excluding carboxylic acids is 1. The van der Waals surface area contributed by atoms with E-state index in [1.807, 2.05) is 0 Å². The van der Waals surface area contributed by atoms with Crippen LogP contribution < -0.4 is 0 Å². The van der Waals surface area contributed by atoms with E-state index in [9.17, 15) is 14.7 Å². The molecule has 0 aromatic carbocycles. The Labute approximate surface area is 117 Å². The molecule has 1 aliphatic heterocycles. The third kappa shape index (κ3) is 3.04. The summed E-state index contributed by atoms with van der Waals surface area (Å²) in [5.74, 6) is -1.09. The van der Waals surface area contributed by atoms with Crippen LogP contribution in [0.4, 0.5) is 4.79 Å². The molecule has 1 saturated heterocycles. The molecule has 0 aromatic heterocycles. The van der Waals surface area contributed by atoms with Crippen molar-refractivity contribution >= 4 is 12.0 Å². The van der Waals surface area contributed by atoms with Crippen LogP contribution in [0.25, 0.3) is 0 Å². The number of carboxylic acids is 1. The zero-order valence-corrected chi connectivity index (χ0v) is 11.4. The second-order valence-corrected chi connectivity index (χ2v) is 5.53. The van der Waals surface area contributed by atoms with Crippen LogP contribution in [0.2, 0.25) is 0 Å². The zero-order valence-electron chi connectivity index (χ0n) is 11.4. The Morgan fingerprint density at radius 2 is 1.90 bits per heavy atom. The zero-order chi connectivity index (χ0) is 14.7. The van der Waals surface area contributed by atoms with Crippen LogP contribution in [0.3, 0.4) is 0 Å². The van der Waals surface area contributed by atoms with Crippen LogP contribution in [-0.4, -0.2) is 75.0 Å². The Balaban J connectivity index is 2.11. The van der Waals surface area contributed by atoms with E-state index >= 15 is 0 Å². The Morgan fingerprint density at radius 3 is 2.45 bits per heavy atom. The Morgan fingerprint density at radius 1 is 1.25 bits per heavy atom. The predicted molar refractivity (Wildman–Crippen MR) is 70.2 cm³/mol. The van der Waals surface area contributed by atoms with Crippen molar-refractivity contribution in [3.8, 4) is 0 Å². The number of aliphatic hydroxyl groups is 2. The monoisotopic (exact) mass is 286 g/mol. The average molecular weight is 286 g/mol. The van der Waals surface area contributed by atoms with Crippen LogP contribution in [0.5, 0.6) is 0 Å². The van der Waals surface area contributed by atoms with E-state index in [0.29, 0.717) is 0 Å². The van der Waals surface area contributed by atoms with Gasteiger partial charge in [-0.25, -0.2) is 9.59 Å². The van der Waals surface area contributed by atoms with Gasteiger partial charge >= 0.3 is 12.0 Å². The molecule has 1 aliphatic carbocycles. The first-order chi connectivity index (χ1) is 9.54. The number of β-amino-alcohol motifs (C(OH)–C–C–N with tert-alkyl or cyclic N) is 1. The second-order valence-electron chi connectivity index (χ2n) is 5.53. The predicted octanol–water partition coefficient (Wildman–Crippen LogP) is -0.137. The molecular formula is C13H22N2O5. The molecule has 7 nitrogen and oxygen atoms in total. The maximum atomic E-state index is 12.5. The lowest BCUT2D eigenvalue weighted by atomic mass is 10.2. The van der Waals surface area contributed by atoms with Gasteiger partial charge in [-0.15, -0.1) is 0 Å². The summed E-state index contributed by atoms with van der Waals surface area (Å²) < 4.78 is 0. The van der Waals surface area contributed by atoms with Crippen molar-refractivity contribution in [2.45, 2.75) is 50.3 Å². The van der Waals surface area contributed by atoms with Gasteiger partial charge in [-0.05, 0) is 12.8 Å². The normalized spacial score (nSPS) is 27.0. The number of likely N-dealkylation sites (tertiary alicyclic amines) is 1. The lowest BCUT2D eigenvalue weighted by Crippen LogP contribution is -2.52. The van der Waals surface area contributed by atoms with Crippen molar-refractivity contribution in [3.05, 3.63) is 0 Å². The molecule has 2 rings (SSSR count). The molecule has 2 fully saturated rings. The van der Waals surface area contributed by atoms with Crippen LogP contribution >= 0.6 is 0 Å². The summed E-state index contributed by atoms with van der Waals surface area (Å²) in [6, 6.07) is -1.28. The number of hydrogen-bond acceptors (Lipinski definition) is 4. The molecule has 1 saturated carbocycles. The fraction of sp³-hybridized carbons (Fsp3) is 0.846. The molecule has 2 amide bonds. The number of carbonyl (C=O) groups is 2. The Bertz CT molecular complexity index is 370. The highest BCUT2D eigenvalue weighted by Gasteiger charge is 2.42. The molecule has 0 spiro atoms. The van der Waals surface area contributed by atoms with Gasteiger partial charge in [-0.1, -0.05) is 12.8 Å². The van der Waals surface area contributed by atoms with E-state index in [0.717, 1.165) is 25.7 Å². The molecule has 1 heterocycles. The number of urea groups is 1. The van der Waals surface area contributed by atoms with Crippen molar-refractivity contribution in [2.24, 2.45) is 0 Å². The lowest BCUT2D eigenvalue weighted by molar-refractivity contribution is -0.141. The van der Waals surface area contributed by atoms with Gasteiger partial charge in [0.1, 0.15) is 6.04 Å². The molecule has 0 radical (unpaired) electrons. The highest BCUT2D eigenvalue weighted by Crippen LogP contribution is 2.27. The number of nitrogens with zero attached hydrogens (tertiary/aromatic N) is 2. The Kier molecular flexibility index (Phi) is 4.82. The number of amides is 2. The van der Waals surface area contributed by atoms with Crippen LogP contribution in [0.15, 0.2) is 0 Å². The maximum absolute atomic E-state index is 12.5. The van der Waals surface area contributed by atoms with Crippen LogP contribution in [0.1, 0.15) is 32.1 Å². The molecule has 20 heavy (non-hydrogen) atoms. The highest BCUT2D eigenvalue weighted by atomic mass is 16.4. The van der Waals surface area contributed by atoms with Crippen molar-refractivity contribution in [3.63, 3.8) is 0 Å². The van der Waals surface area contributed by atoms with Gasteiger partial charge in [0, 0.05) is 25.6 Å². The lowest BCUT2D eigenvalue weighted by Gasteiger charge is -2.34. The summed E-state index contributed by atoms with van der Waals surface area (Å²) in [4.78, 5) is 26.5.